The van der Waals surface area contributed by atoms with Gasteiger partial charge in [0.1, 0.15) is 0 Å². The molecule has 6 heteroatoms. The third-order valence-corrected chi connectivity index (χ3v) is 3.16. The summed E-state index contributed by atoms with van der Waals surface area (Å²) >= 11 is 0. The topological polar surface area (TPSA) is 50.3 Å². The van der Waals surface area contributed by atoms with Gasteiger partial charge >= 0.3 is 0 Å². The normalized spacial score (nSPS) is 18.4. The zero-order chi connectivity index (χ0) is 13.9. The number of hydrogen-bond acceptors (Lipinski definition) is 5. The Morgan fingerprint density at radius 1 is 1.53 bits per heavy atom. The first-order chi connectivity index (χ1) is 9.04. The monoisotopic (exact) mass is 268 g/mol. The van der Waals surface area contributed by atoms with E-state index in [0.717, 1.165) is 13.0 Å². The zero-order valence-corrected chi connectivity index (χ0v) is 11.7. The average Bonchev–Trinajstić information content (AvgIpc) is 2.38. The van der Waals surface area contributed by atoms with E-state index < -0.39 is 5.82 Å². The first kappa shape index (κ1) is 14.0. The minimum absolute atomic E-state index is 0.268. The van der Waals surface area contributed by atoms with Crippen molar-refractivity contribution in [2.75, 3.05) is 36.5 Å². The average molecular weight is 268 g/mol. The number of aromatic nitrogens is 2. The third-order valence-electron chi connectivity index (χ3n) is 3.16. The molecule has 2 rings (SSSR count). The van der Waals surface area contributed by atoms with Gasteiger partial charge in [0.15, 0.2) is 11.6 Å². The van der Waals surface area contributed by atoms with Gasteiger partial charge in [-0.05, 0) is 20.3 Å². The van der Waals surface area contributed by atoms with Crippen LogP contribution in [0.25, 0.3) is 0 Å². The number of ether oxygens (including phenoxy) is 1. The van der Waals surface area contributed by atoms with Crippen molar-refractivity contribution in [3.05, 3.63) is 12.0 Å². The molecule has 0 aliphatic carbocycles. The minimum atomic E-state index is -0.392. The smallest absolute Gasteiger partial charge is 0.224 e. The number of morpholine rings is 1. The first-order valence-electron chi connectivity index (χ1n) is 6.66. The summed E-state index contributed by atoms with van der Waals surface area (Å²) in [6, 6.07) is 0. The van der Waals surface area contributed by atoms with E-state index in [4.69, 9.17) is 4.74 Å². The van der Waals surface area contributed by atoms with Crippen LogP contribution < -0.4 is 10.2 Å². The van der Waals surface area contributed by atoms with Crippen LogP contribution in [-0.4, -0.2) is 41.8 Å². The maximum absolute atomic E-state index is 14.0. The second-order valence-corrected chi connectivity index (χ2v) is 5.31. The van der Waals surface area contributed by atoms with Gasteiger partial charge in [-0.1, -0.05) is 6.92 Å². The number of nitrogens with zero attached hydrogens (tertiary/aromatic N) is 3. The van der Waals surface area contributed by atoms with Crippen LogP contribution in [-0.2, 0) is 4.74 Å². The van der Waals surface area contributed by atoms with E-state index in [2.05, 4.69) is 22.2 Å². The molecule has 106 valence electrons. The quantitative estimate of drug-likeness (QED) is 0.905. The summed E-state index contributed by atoms with van der Waals surface area (Å²) in [5.41, 5.74) is -0.268. The van der Waals surface area contributed by atoms with Crippen LogP contribution in [0.5, 0.6) is 0 Å². The van der Waals surface area contributed by atoms with Gasteiger partial charge in [0.05, 0.1) is 24.9 Å². The van der Waals surface area contributed by atoms with Gasteiger partial charge in [-0.25, -0.2) is 9.37 Å². The Balaban J connectivity index is 2.26. The summed E-state index contributed by atoms with van der Waals surface area (Å²) < 4.78 is 19.4. The van der Waals surface area contributed by atoms with E-state index in [9.17, 15) is 4.39 Å². The molecule has 0 atom stereocenters. The van der Waals surface area contributed by atoms with Crippen molar-refractivity contribution in [1.82, 2.24) is 9.97 Å². The van der Waals surface area contributed by atoms with Crippen LogP contribution in [0.2, 0.25) is 0 Å². The van der Waals surface area contributed by atoms with Crippen LogP contribution in [0.1, 0.15) is 27.2 Å². The SMILES string of the molecule is CCCNc1ncc(F)c(N2CCOCC2(C)C)n1. The molecule has 1 aliphatic heterocycles. The van der Waals surface area contributed by atoms with Gasteiger partial charge in [-0.15, -0.1) is 0 Å². The molecular weight excluding hydrogens is 247 g/mol. The van der Waals surface area contributed by atoms with Gasteiger partial charge in [0.25, 0.3) is 0 Å². The molecule has 19 heavy (non-hydrogen) atoms. The van der Waals surface area contributed by atoms with Crippen molar-refractivity contribution in [3.63, 3.8) is 0 Å². The summed E-state index contributed by atoms with van der Waals surface area (Å²) in [7, 11) is 0. The number of hydrogen-bond donors (Lipinski definition) is 1. The Morgan fingerprint density at radius 3 is 3.00 bits per heavy atom. The van der Waals surface area contributed by atoms with Crippen molar-refractivity contribution < 1.29 is 9.13 Å². The van der Waals surface area contributed by atoms with E-state index in [1.54, 1.807) is 0 Å². The molecule has 0 spiro atoms. The Kier molecular flexibility index (Phi) is 4.19. The number of halogens is 1. The molecule has 1 fully saturated rings. The maximum Gasteiger partial charge on any atom is 0.224 e. The van der Waals surface area contributed by atoms with E-state index in [1.807, 2.05) is 18.7 Å². The molecule has 0 aromatic carbocycles. The van der Waals surface area contributed by atoms with Crippen LogP contribution >= 0.6 is 0 Å². The molecule has 0 saturated carbocycles. The van der Waals surface area contributed by atoms with E-state index >= 15 is 0 Å². The highest BCUT2D eigenvalue weighted by molar-refractivity contribution is 5.46. The van der Waals surface area contributed by atoms with Crippen LogP contribution in [0.4, 0.5) is 16.2 Å². The molecule has 1 N–H and O–H groups in total. The van der Waals surface area contributed by atoms with Crippen molar-refractivity contribution in [3.8, 4) is 0 Å². The Labute approximate surface area is 113 Å². The molecule has 0 radical (unpaired) electrons. The fourth-order valence-corrected chi connectivity index (χ4v) is 2.12. The van der Waals surface area contributed by atoms with Gasteiger partial charge in [-0.2, -0.15) is 4.98 Å². The highest BCUT2D eigenvalue weighted by Gasteiger charge is 2.33. The van der Waals surface area contributed by atoms with Gasteiger partial charge in [0.2, 0.25) is 5.95 Å². The number of rotatable bonds is 4. The van der Waals surface area contributed by atoms with E-state index in [-0.39, 0.29) is 5.54 Å². The summed E-state index contributed by atoms with van der Waals surface area (Å²) in [4.78, 5) is 10.2. The Bertz CT molecular complexity index is 439. The standard InChI is InChI=1S/C13H21FN4O/c1-4-5-15-12-16-8-10(14)11(17-12)18-6-7-19-9-13(18,2)3/h8H,4-7,9H2,1-3H3,(H,15,16,17). The molecule has 1 aromatic rings. The Morgan fingerprint density at radius 2 is 2.32 bits per heavy atom. The molecule has 1 saturated heterocycles. The minimum Gasteiger partial charge on any atom is -0.377 e. The summed E-state index contributed by atoms with van der Waals surface area (Å²) in [6.45, 7) is 8.66. The van der Waals surface area contributed by atoms with Crippen LogP contribution in [0.3, 0.4) is 0 Å². The molecular formula is C13H21FN4O. The lowest BCUT2D eigenvalue weighted by Crippen LogP contribution is -2.53. The summed E-state index contributed by atoms with van der Waals surface area (Å²) in [5, 5.41) is 3.08. The van der Waals surface area contributed by atoms with Crippen molar-refractivity contribution in [2.45, 2.75) is 32.7 Å². The highest BCUT2D eigenvalue weighted by Crippen LogP contribution is 2.27. The molecule has 0 unspecified atom stereocenters. The number of nitrogens with one attached hydrogen (secondary N) is 1. The van der Waals surface area contributed by atoms with E-state index in [0.29, 0.717) is 31.5 Å². The molecule has 1 aromatic heterocycles. The van der Waals surface area contributed by atoms with Gasteiger partial charge in [0, 0.05) is 13.1 Å². The Hall–Kier alpha value is -1.43. The first-order valence-corrected chi connectivity index (χ1v) is 6.66. The molecule has 5 nitrogen and oxygen atoms in total. The van der Waals surface area contributed by atoms with Gasteiger partial charge in [-0.3, -0.25) is 0 Å². The largest absolute Gasteiger partial charge is 0.377 e. The fourth-order valence-electron chi connectivity index (χ4n) is 2.12. The van der Waals surface area contributed by atoms with Crippen LogP contribution in [0, 0.1) is 5.82 Å². The summed E-state index contributed by atoms with van der Waals surface area (Å²) in [6.07, 6.45) is 2.20. The molecule has 0 bridgehead atoms. The fraction of sp³-hybridized carbons (Fsp3) is 0.692. The predicted molar refractivity (Wildman–Crippen MR) is 73.0 cm³/mol. The van der Waals surface area contributed by atoms with E-state index in [1.165, 1.54) is 6.20 Å². The van der Waals surface area contributed by atoms with Crippen molar-refractivity contribution in [1.29, 1.82) is 0 Å². The maximum atomic E-state index is 14.0. The molecule has 2 heterocycles. The third kappa shape index (κ3) is 3.12. The highest BCUT2D eigenvalue weighted by atomic mass is 19.1. The molecule has 1 aliphatic rings. The lowest BCUT2D eigenvalue weighted by molar-refractivity contribution is 0.0634. The lowest BCUT2D eigenvalue weighted by atomic mass is 10.0. The predicted octanol–water partition coefficient (Wildman–Crippen LogP) is 2.05. The lowest BCUT2D eigenvalue weighted by Gasteiger charge is -2.42. The second-order valence-electron chi connectivity index (χ2n) is 5.31. The van der Waals surface area contributed by atoms with Crippen molar-refractivity contribution >= 4 is 11.8 Å². The van der Waals surface area contributed by atoms with Crippen molar-refractivity contribution in [2.24, 2.45) is 0 Å². The number of anilines is 2. The molecule has 0 amide bonds. The second kappa shape index (κ2) is 5.69. The van der Waals surface area contributed by atoms with Gasteiger partial charge < -0.3 is 15.0 Å². The zero-order valence-electron chi connectivity index (χ0n) is 11.7. The summed E-state index contributed by atoms with van der Waals surface area (Å²) in [5.74, 6) is 0.430. The van der Waals surface area contributed by atoms with Crippen LogP contribution in [0.15, 0.2) is 6.20 Å².